The smallest absolute Gasteiger partial charge is 0.337 e. The van der Waals surface area contributed by atoms with E-state index >= 15 is 0 Å². The molecule has 0 bridgehead atoms. The van der Waals surface area contributed by atoms with Crippen molar-refractivity contribution in [1.29, 1.82) is 0 Å². The Labute approximate surface area is 165 Å². The molecule has 0 fully saturated rings. The van der Waals surface area contributed by atoms with Gasteiger partial charge in [0.1, 0.15) is 0 Å². The van der Waals surface area contributed by atoms with Gasteiger partial charge in [0.25, 0.3) is 0 Å². The molecular weight excluding hydrogens is 364 g/mol. The number of carbonyl (C=O) groups excluding carboxylic acids is 2. The number of anilines is 2. The standard InChI is InChI=1S/C21H25ClN2O3/c1-13(2)16-7-5-6-14(3)20(16)24-19(25)10-11-23-18-12-15(21(26)27-4)8-9-17(18)22/h5-9,12-13,23H,10-11H2,1-4H3,(H,24,25). The Morgan fingerprint density at radius 2 is 1.93 bits per heavy atom. The average Bonchev–Trinajstić information content (AvgIpc) is 2.64. The first kappa shape index (κ1) is 20.8. The van der Waals surface area contributed by atoms with Crippen LogP contribution >= 0.6 is 11.6 Å². The predicted octanol–water partition coefficient (Wildman–Crippen LogP) is 5.00. The second-order valence-corrected chi connectivity index (χ2v) is 7.01. The van der Waals surface area contributed by atoms with E-state index in [-0.39, 0.29) is 12.3 Å². The summed E-state index contributed by atoms with van der Waals surface area (Å²) in [6, 6.07) is 10.8. The van der Waals surface area contributed by atoms with Gasteiger partial charge in [0, 0.05) is 18.7 Å². The first-order chi connectivity index (χ1) is 12.8. The van der Waals surface area contributed by atoms with Crippen molar-refractivity contribution >= 4 is 34.9 Å². The molecule has 144 valence electrons. The number of rotatable bonds is 7. The zero-order valence-electron chi connectivity index (χ0n) is 16.1. The van der Waals surface area contributed by atoms with Gasteiger partial charge in [-0.1, -0.05) is 43.6 Å². The van der Waals surface area contributed by atoms with Crippen molar-refractivity contribution in [3.05, 3.63) is 58.1 Å². The number of ether oxygens (including phenoxy) is 1. The van der Waals surface area contributed by atoms with Crippen molar-refractivity contribution < 1.29 is 14.3 Å². The van der Waals surface area contributed by atoms with Gasteiger partial charge in [0.2, 0.25) is 5.91 Å². The molecule has 0 aromatic heterocycles. The minimum atomic E-state index is -0.437. The van der Waals surface area contributed by atoms with E-state index in [1.807, 2.05) is 25.1 Å². The van der Waals surface area contributed by atoms with Crippen LogP contribution in [0.15, 0.2) is 36.4 Å². The van der Waals surface area contributed by atoms with Gasteiger partial charge in [-0.2, -0.15) is 0 Å². The van der Waals surface area contributed by atoms with Crippen molar-refractivity contribution in [2.75, 3.05) is 24.3 Å². The van der Waals surface area contributed by atoms with E-state index in [0.717, 1.165) is 16.8 Å². The molecule has 2 aromatic rings. The molecule has 0 heterocycles. The van der Waals surface area contributed by atoms with Crippen molar-refractivity contribution in [1.82, 2.24) is 0 Å². The fraction of sp³-hybridized carbons (Fsp3) is 0.333. The number of methoxy groups -OCH3 is 1. The minimum Gasteiger partial charge on any atom is -0.465 e. The summed E-state index contributed by atoms with van der Waals surface area (Å²) < 4.78 is 4.71. The number of nitrogens with one attached hydrogen (secondary N) is 2. The van der Waals surface area contributed by atoms with Crippen molar-refractivity contribution in [3.8, 4) is 0 Å². The zero-order valence-corrected chi connectivity index (χ0v) is 16.8. The van der Waals surface area contributed by atoms with Gasteiger partial charge in [-0.15, -0.1) is 0 Å². The lowest BCUT2D eigenvalue weighted by Crippen LogP contribution is -2.18. The highest BCUT2D eigenvalue weighted by Crippen LogP contribution is 2.27. The van der Waals surface area contributed by atoms with E-state index in [2.05, 4.69) is 24.5 Å². The lowest BCUT2D eigenvalue weighted by Gasteiger charge is -2.16. The normalized spacial score (nSPS) is 10.6. The second-order valence-electron chi connectivity index (χ2n) is 6.60. The Morgan fingerprint density at radius 1 is 1.19 bits per heavy atom. The molecule has 0 aliphatic rings. The number of hydrogen-bond acceptors (Lipinski definition) is 4. The maximum absolute atomic E-state index is 12.4. The summed E-state index contributed by atoms with van der Waals surface area (Å²) in [5.74, 6) is -0.203. The summed E-state index contributed by atoms with van der Waals surface area (Å²) in [4.78, 5) is 24.0. The molecule has 0 radical (unpaired) electrons. The number of benzene rings is 2. The molecule has 27 heavy (non-hydrogen) atoms. The third-order valence-corrected chi connectivity index (χ3v) is 4.58. The largest absolute Gasteiger partial charge is 0.465 e. The highest BCUT2D eigenvalue weighted by Gasteiger charge is 2.13. The Hall–Kier alpha value is -2.53. The molecule has 0 aliphatic carbocycles. The lowest BCUT2D eigenvalue weighted by molar-refractivity contribution is -0.116. The Morgan fingerprint density at radius 3 is 2.59 bits per heavy atom. The van der Waals surface area contributed by atoms with E-state index in [1.54, 1.807) is 18.2 Å². The summed E-state index contributed by atoms with van der Waals surface area (Å²) in [7, 11) is 1.32. The number of hydrogen-bond donors (Lipinski definition) is 2. The third kappa shape index (κ3) is 5.47. The number of carbonyl (C=O) groups is 2. The van der Waals surface area contributed by atoms with Crippen molar-refractivity contribution in [3.63, 3.8) is 0 Å². The molecule has 0 unspecified atom stereocenters. The van der Waals surface area contributed by atoms with Crippen molar-refractivity contribution in [2.45, 2.75) is 33.1 Å². The molecule has 0 atom stereocenters. The van der Waals surface area contributed by atoms with Crippen LogP contribution < -0.4 is 10.6 Å². The molecule has 0 aliphatic heterocycles. The van der Waals surface area contributed by atoms with Crippen LogP contribution in [0.4, 0.5) is 11.4 Å². The molecule has 1 amide bonds. The number of para-hydroxylation sites is 1. The topological polar surface area (TPSA) is 67.4 Å². The molecule has 6 heteroatoms. The monoisotopic (exact) mass is 388 g/mol. The number of aryl methyl sites for hydroxylation is 1. The number of esters is 1. The van der Waals surface area contributed by atoms with Gasteiger partial charge in [0.05, 0.1) is 23.4 Å². The molecule has 2 aromatic carbocycles. The van der Waals surface area contributed by atoms with Crippen molar-refractivity contribution in [2.24, 2.45) is 0 Å². The van der Waals surface area contributed by atoms with Gasteiger partial charge < -0.3 is 15.4 Å². The van der Waals surface area contributed by atoms with Gasteiger partial charge in [-0.3, -0.25) is 4.79 Å². The van der Waals surface area contributed by atoms with E-state index in [4.69, 9.17) is 16.3 Å². The Balaban J connectivity index is 1.99. The summed E-state index contributed by atoms with van der Waals surface area (Å²) in [6.45, 7) is 6.57. The number of amides is 1. The van der Waals surface area contributed by atoms with Crippen LogP contribution in [0.25, 0.3) is 0 Å². The Kier molecular flexibility index (Phi) is 7.25. The molecule has 0 spiro atoms. The van der Waals surface area contributed by atoms with E-state index in [0.29, 0.717) is 28.7 Å². The third-order valence-electron chi connectivity index (χ3n) is 4.25. The first-order valence-corrected chi connectivity index (χ1v) is 9.22. The summed E-state index contributed by atoms with van der Waals surface area (Å²) >= 11 is 6.15. The summed E-state index contributed by atoms with van der Waals surface area (Å²) in [6.07, 6.45) is 0.269. The highest BCUT2D eigenvalue weighted by molar-refractivity contribution is 6.33. The van der Waals surface area contributed by atoms with Gasteiger partial charge in [-0.05, 0) is 42.2 Å². The fourth-order valence-electron chi connectivity index (χ4n) is 2.76. The van der Waals surface area contributed by atoms with Gasteiger partial charge >= 0.3 is 5.97 Å². The molecule has 2 N–H and O–H groups in total. The summed E-state index contributed by atoms with van der Waals surface area (Å²) in [5, 5.41) is 6.59. The maximum atomic E-state index is 12.4. The predicted molar refractivity (Wildman–Crippen MR) is 110 cm³/mol. The second kappa shape index (κ2) is 9.42. The van der Waals surface area contributed by atoms with Crippen LogP contribution in [-0.2, 0) is 9.53 Å². The van der Waals surface area contributed by atoms with Crippen LogP contribution in [0.1, 0.15) is 47.7 Å². The average molecular weight is 389 g/mol. The highest BCUT2D eigenvalue weighted by atomic mass is 35.5. The molecule has 2 rings (SSSR count). The van der Waals surface area contributed by atoms with Crippen LogP contribution in [-0.4, -0.2) is 25.5 Å². The van der Waals surface area contributed by atoms with E-state index in [9.17, 15) is 9.59 Å². The van der Waals surface area contributed by atoms with Gasteiger partial charge in [-0.25, -0.2) is 4.79 Å². The lowest BCUT2D eigenvalue weighted by atomic mass is 9.98. The van der Waals surface area contributed by atoms with Crippen LogP contribution in [0.2, 0.25) is 5.02 Å². The van der Waals surface area contributed by atoms with Gasteiger partial charge in [0.15, 0.2) is 0 Å². The van der Waals surface area contributed by atoms with E-state index < -0.39 is 5.97 Å². The zero-order chi connectivity index (χ0) is 20.0. The molecule has 0 saturated carbocycles. The molecule has 5 nitrogen and oxygen atoms in total. The number of halogens is 1. The summed E-state index contributed by atoms with van der Waals surface area (Å²) in [5.41, 5.74) is 4.02. The Bertz CT molecular complexity index is 834. The fourth-order valence-corrected chi connectivity index (χ4v) is 2.94. The van der Waals surface area contributed by atoms with Crippen LogP contribution in [0.5, 0.6) is 0 Å². The quantitative estimate of drug-likeness (QED) is 0.655. The van der Waals surface area contributed by atoms with Crippen LogP contribution in [0.3, 0.4) is 0 Å². The first-order valence-electron chi connectivity index (χ1n) is 8.84. The van der Waals surface area contributed by atoms with E-state index in [1.165, 1.54) is 7.11 Å². The maximum Gasteiger partial charge on any atom is 0.337 e. The SMILES string of the molecule is COC(=O)c1ccc(Cl)c(NCCC(=O)Nc2c(C)cccc2C(C)C)c1. The molecule has 0 saturated heterocycles. The molecular formula is C21H25ClN2O3. The minimum absolute atomic E-state index is 0.0843. The van der Waals surface area contributed by atoms with Crippen LogP contribution in [0, 0.1) is 6.92 Å².